The van der Waals surface area contributed by atoms with E-state index in [0.717, 1.165) is 0 Å². The number of aliphatic hydroxyl groups is 6. The average molecular weight is 340 g/mol. The summed E-state index contributed by atoms with van der Waals surface area (Å²) >= 11 is 0. The largest absolute Gasteiger partial charge is 0.388 e. The Balaban J connectivity index is 1.94. The standard InChI is InChI=1S/C12H24N2O9/c13-1-3-6(15)8(17)5(14)12(23-3)21-2-4-7(16)9(18)10(19)11(20)22-4/h3-12,15-20H,1-2,13-14H2/t3-,4-,5+,6-,7-,8-,9+,10+,11+,12+/m1/s1. The Morgan fingerprint density at radius 3 is 2.00 bits per heavy atom. The summed E-state index contributed by atoms with van der Waals surface area (Å²) in [7, 11) is 0. The maximum absolute atomic E-state index is 9.84. The zero-order valence-corrected chi connectivity index (χ0v) is 12.3. The molecule has 0 bridgehead atoms. The summed E-state index contributed by atoms with van der Waals surface area (Å²) in [5, 5.41) is 57.8. The minimum absolute atomic E-state index is 0.0724. The van der Waals surface area contributed by atoms with E-state index >= 15 is 0 Å². The van der Waals surface area contributed by atoms with Crippen LogP contribution in [0.1, 0.15) is 0 Å². The Kier molecular flexibility index (Phi) is 6.27. The lowest BCUT2D eigenvalue weighted by atomic mass is 9.97. The molecule has 2 heterocycles. The van der Waals surface area contributed by atoms with Crippen molar-refractivity contribution in [3.63, 3.8) is 0 Å². The van der Waals surface area contributed by atoms with Gasteiger partial charge in [0, 0.05) is 6.54 Å². The molecule has 23 heavy (non-hydrogen) atoms. The van der Waals surface area contributed by atoms with E-state index in [9.17, 15) is 30.6 Å². The first-order chi connectivity index (χ1) is 10.8. The average Bonchev–Trinajstić information content (AvgIpc) is 2.54. The monoisotopic (exact) mass is 340 g/mol. The Morgan fingerprint density at radius 1 is 0.783 bits per heavy atom. The Morgan fingerprint density at radius 2 is 1.39 bits per heavy atom. The second kappa shape index (κ2) is 7.63. The van der Waals surface area contributed by atoms with Gasteiger partial charge in [-0.25, -0.2) is 0 Å². The van der Waals surface area contributed by atoms with Gasteiger partial charge in [-0.05, 0) is 0 Å². The van der Waals surface area contributed by atoms with Gasteiger partial charge in [0.15, 0.2) is 12.6 Å². The van der Waals surface area contributed by atoms with Crippen molar-refractivity contribution in [3.8, 4) is 0 Å². The van der Waals surface area contributed by atoms with Gasteiger partial charge in [-0.2, -0.15) is 0 Å². The Hall–Kier alpha value is -0.440. The van der Waals surface area contributed by atoms with Crippen LogP contribution in [0.15, 0.2) is 0 Å². The van der Waals surface area contributed by atoms with Crippen LogP contribution in [0.3, 0.4) is 0 Å². The Bertz CT molecular complexity index is 388. The molecule has 2 fully saturated rings. The first-order valence-corrected chi connectivity index (χ1v) is 7.24. The summed E-state index contributed by atoms with van der Waals surface area (Å²) in [6.07, 6.45) is -12.2. The molecule has 0 aromatic carbocycles. The van der Waals surface area contributed by atoms with E-state index in [1.165, 1.54) is 0 Å². The first kappa shape index (κ1) is 18.9. The molecule has 2 rings (SSSR count). The molecule has 2 aliphatic heterocycles. The molecule has 0 radical (unpaired) electrons. The summed E-state index contributed by atoms with van der Waals surface area (Å²) in [6, 6.07) is -1.08. The minimum Gasteiger partial charge on any atom is -0.388 e. The lowest BCUT2D eigenvalue weighted by Crippen LogP contribution is -2.64. The third-order valence-corrected chi connectivity index (χ3v) is 4.09. The highest BCUT2D eigenvalue weighted by Gasteiger charge is 2.46. The molecule has 136 valence electrons. The fourth-order valence-electron chi connectivity index (χ4n) is 2.56. The van der Waals surface area contributed by atoms with Gasteiger partial charge in [-0.1, -0.05) is 0 Å². The molecule has 2 saturated heterocycles. The molecule has 0 aromatic heterocycles. The molecule has 11 heteroatoms. The van der Waals surface area contributed by atoms with Crippen LogP contribution in [0.5, 0.6) is 0 Å². The molecule has 0 saturated carbocycles. The van der Waals surface area contributed by atoms with E-state index in [1.807, 2.05) is 0 Å². The molecule has 2 aliphatic rings. The van der Waals surface area contributed by atoms with Crippen LogP contribution in [0.4, 0.5) is 0 Å². The van der Waals surface area contributed by atoms with Crippen molar-refractivity contribution in [2.24, 2.45) is 11.5 Å². The van der Waals surface area contributed by atoms with Crippen LogP contribution >= 0.6 is 0 Å². The van der Waals surface area contributed by atoms with Crippen molar-refractivity contribution < 1.29 is 44.8 Å². The molecule has 10 N–H and O–H groups in total. The van der Waals surface area contributed by atoms with Gasteiger partial charge >= 0.3 is 0 Å². The fourth-order valence-corrected chi connectivity index (χ4v) is 2.56. The Labute approximate surface area is 132 Å². The summed E-state index contributed by atoms with van der Waals surface area (Å²) in [5.41, 5.74) is 11.1. The van der Waals surface area contributed by atoms with Gasteiger partial charge in [-0.15, -0.1) is 0 Å². The lowest BCUT2D eigenvalue weighted by molar-refractivity contribution is -0.308. The topological polar surface area (TPSA) is 201 Å². The second-order valence-electron chi connectivity index (χ2n) is 5.71. The molecule has 0 aliphatic carbocycles. The highest BCUT2D eigenvalue weighted by Crippen LogP contribution is 2.23. The van der Waals surface area contributed by atoms with E-state index in [-0.39, 0.29) is 13.2 Å². The summed E-state index contributed by atoms with van der Waals surface area (Å²) in [5.74, 6) is 0. The van der Waals surface area contributed by atoms with Crippen molar-refractivity contribution in [1.29, 1.82) is 0 Å². The summed E-state index contributed by atoms with van der Waals surface area (Å²) in [6.45, 7) is -0.419. The summed E-state index contributed by atoms with van der Waals surface area (Å²) < 4.78 is 15.6. The van der Waals surface area contributed by atoms with Crippen LogP contribution in [0, 0.1) is 0 Å². The molecular weight excluding hydrogens is 316 g/mol. The van der Waals surface area contributed by atoms with E-state index in [0.29, 0.717) is 0 Å². The van der Waals surface area contributed by atoms with E-state index < -0.39 is 61.3 Å². The van der Waals surface area contributed by atoms with Gasteiger partial charge in [-0.3, -0.25) is 0 Å². The highest BCUT2D eigenvalue weighted by atomic mass is 16.7. The molecule has 10 atom stereocenters. The van der Waals surface area contributed by atoms with Gasteiger partial charge in [0.1, 0.15) is 42.7 Å². The molecule has 0 unspecified atom stereocenters. The highest BCUT2D eigenvalue weighted by molar-refractivity contribution is 4.93. The van der Waals surface area contributed by atoms with Crippen LogP contribution in [-0.4, -0.2) is 105 Å². The normalized spacial score (nSPS) is 51.7. The zero-order chi connectivity index (χ0) is 17.3. The number of aliphatic hydroxyl groups excluding tert-OH is 6. The van der Waals surface area contributed by atoms with Crippen molar-refractivity contribution in [2.75, 3.05) is 13.2 Å². The number of rotatable bonds is 4. The lowest BCUT2D eigenvalue weighted by Gasteiger charge is -2.42. The molecule has 0 amide bonds. The fraction of sp³-hybridized carbons (Fsp3) is 1.00. The van der Waals surface area contributed by atoms with Crippen molar-refractivity contribution in [2.45, 2.75) is 61.3 Å². The van der Waals surface area contributed by atoms with E-state index in [2.05, 4.69) is 0 Å². The van der Waals surface area contributed by atoms with Crippen molar-refractivity contribution in [3.05, 3.63) is 0 Å². The summed E-state index contributed by atoms with van der Waals surface area (Å²) in [4.78, 5) is 0. The second-order valence-corrected chi connectivity index (χ2v) is 5.71. The van der Waals surface area contributed by atoms with Crippen LogP contribution in [0.2, 0.25) is 0 Å². The van der Waals surface area contributed by atoms with Crippen molar-refractivity contribution in [1.82, 2.24) is 0 Å². The SMILES string of the molecule is NC[C@H]1O[C@H](OC[C@H]2O[C@H](O)[C@@H](O)[C@@H](O)[C@@H]2O)[C@@H](N)[C@@H](O)[C@@H]1O. The molecule has 0 aromatic rings. The first-order valence-electron chi connectivity index (χ1n) is 7.24. The zero-order valence-electron chi connectivity index (χ0n) is 12.3. The van der Waals surface area contributed by atoms with Crippen molar-refractivity contribution >= 4 is 0 Å². The third-order valence-electron chi connectivity index (χ3n) is 4.09. The third kappa shape index (κ3) is 3.81. The number of hydrogen-bond acceptors (Lipinski definition) is 11. The number of nitrogens with two attached hydrogens (primary N) is 2. The number of hydrogen-bond donors (Lipinski definition) is 8. The molecule has 0 spiro atoms. The van der Waals surface area contributed by atoms with Gasteiger partial charge in [0.25, 0.3) is 0 Å². The quantitative estimate of drug-likeness (QED) is 0.242. The van der Waals surface area contributed by atoms with Crippen LogP contribution in [0.25, 0.3) is 0 Å². The van der Waals surface area contributed by atoms with E-state index in [1.54, 1.807) is 0 Å². The van der Waals surface area contributed by atoms with Crippen LogP contribution in [-0.2, 0) is 14.2 Å². The predicted octanol–water partition coefficient (Wildman–Crippen LogP) is -5.46. The van der Waals surface area contributed by atoms with Crippen LogP contribution < -0.4 is 11.5 Å². The molecular formula is C12H24N2O9. The maximum Gasteiger partial charge on any atom is 0.184 e. The number of ether oxygens (including phenoxy) is 3. The van der Waals surface area contributed by atoms with Gasteiger partial charge in [0.2, 0.25) is 0 Å². The minimum atomic E-state index is -1.69. The molecule has 11 nitrogen and oxygen atoms in total. The van der Waals surface area contributed by atoms with Gasteiger partial charge < -0.3 is 56.3 Å². The van der Waals surface area contributed by atoms with E-state index in [4.69, 9.17) is 25.7 Å². The smallest absolute Gasteiger partial charge is 0.184 e. The van der Waals surface area contributed by atoms with Gasteiger partial charge in [0.05, 0.1) is 12.6 Å². The maximum atomic E-state index is 9.84. The predicted molar refractivity (Wildman–Crippen MR) is 72.6 cm³/mol.